The zero-order valence-corrected chi connectivity index (χ0v) is 10.7. The first kappa shape index (κ1) is 15.4. The maximum absolute atomic E-state index is 11.8. The molecule has 0 spiro atoms. The van der Waals surface area contributed by atoms with Gasteiger partial charge in [0.15, 0.2) is 0 Å². The number of amides is 1. The van der Waals surface area contributed by atoms with E-state index >= 15 is 0 Å². The Balaban J connectivity index is 4.15. The van der Waals surface area contributed by atoms with Crippen LogP contribution in [0, 0.1) is 11.3 Å². The quantitative estimate of drug-likeness (QED) is 0.632. The molecule has 0 aliphatic heterocycles. The maximum atomic E-state index is 11.8. The highest BCUT2D eigenvalue weighted by molar-refractivity contribution is 5.81. The molecule has 0 aromatic rings. The van der Waals surface area contributed by atoms with Crippen LogP contribution >= 0.6 is 0 Å². The van der Waals surface area contributed by atoms with E-state index < -0.39 is 0 Å². The Morgan fingerprint density at radius 2 is 2.00 bits per heavy atom. The van der Waals surface area contributed by atoms with Crippen molar-refractivity contribution < 1.29 is 14.3 Å². The van der Waals surface area contributed by atoms with Crippen LogP contribution < -0.4 is 0 Å². The fraction of sp³-hybridized carbons (Fsp3) is 0.750. The predicted octanol–water partition coefficient (Wildman–Crippen LogP) is 1.48. The number of carbonyl (C=O) groups excluding carboxylic acids is 2. The van der Waals surface area contributed by atoms with Crippen molar-refractivity contribution in [1.82, 2.24) is 4.90 Å². The van der Waals surface area contributed by atoms with Crippen molar-refractivity contribution in [2.45, 2.75) is 46.1 Å². The summed E-state index contributed by atoms with van der Waals surface area (Å²) in [7, 11) is 0. The van der Waals surface area contributed by atoms with Crippen LogP contribution in [0.3, 0.4) is 0 Å². The summed E-state index contributed by atoms with van der Waals surface area (Å²) < 4.78 is 4.75. The highest BCUT2D eigenvalue weighted by atomic mass is 16.5. The third-order valence-electron chi connectivity index (χ3n) is 2.26. The van der Waals surface area contributed by atoms with E-state index in [1.165, 1.54) is 0 Å². The number of nitriles is 1. The van der Waals surface area contributed by atoms with Crippen LogP contribution in [0.1, 0.15) is 40.0 Å². The summed E-state index contributed by atoms with van der Waals surface area (Å²) in [5, 5.41) is 8.50. The Hall–Kier alpha value is -1.57. The maximum Gasteiger partial charge on any atom is 0.306 e. The van der Waals surface area contributed by atoms with Gasteiger partial charge in [0.05, 0.1) is 25.5 Å². The highest BCUT2D eigenvalue weighted by Gasteiger charge is 2.17. The second-order valence-corrected chi connectivity index (χ2v) is 3.89. The predicted molar refractivity (Wildman–Crippen MR) is 62.9 cm³/mol. The van der Waals surface area contributed by atoms with Gasteiger partial charge in [0.25, 0.3) is 0 Å². The molecule has 0 bridgehead atoms. The van der Waals surface area contributed by atoms with Gasteiger partial charge in [0.2, 0.25) is 5.91 Å². The number of ether oxygens (including phenoxy) is 1. The number of rotatable bonds is 7. The molecule has 0 N–H and O–H groups in total. The van der Waals surface area contributed by atoms with Crippen LogP contribution in [0.5, 0.6) is 0 Å². The minimum absolute atomic E-state index is 0.0399. The molecule has 5 nitrogen and oxygen atoms in total. The molecule has 17 heavy (non-hydrogen) atoms. The summed E-state index contributed by atoms with van der Waals surface area (Å²) in [4.78, 5) is 24.5. The van der Waals surface area contributed by atoms with Crippen molar-refractivity contribution in [2.24, 2.45) is 0 Å². The lowest BCUT2D eigenvalue weighted by molar-refractivity contribution is -0.146. The molecular weight excluding hydrogens is 220 g/mol. The largest absolute Gasteiger partial charge is 0.466 e. The molecule has 0 atom stereocenters. The third-order valence-corrected chi connectivity index (χ3v) is 2.26. The fourth-order valence-electron chi connectivity index (χ4n) is 1.43. The van der Waals surface area contributed by atoms with Crippen molar-refractivity contribution >= 4 is 11.9 Å². The van der Waals surface area contributed by atoms with E-state index in [0.29, 0.717) is 19.6 Å². The average Bonchev–Trinajstić information content (AvgIpc) is 2.27. The highest BCUT2D eigenvalue weighted by Crippen LogP contribution is 2.05. The van der Waals surface area contributed by atoms with Crippen molar-refractivity contribution in [3.63, 3.8) is 0 Å². The fourth-order valence-corrected chi connectivity index (χ4v) is 1.43. The first-order chi connectivity index (χ1) is 8.02. The molecule has 0 unspecified atom stereocenters. The van der Waals surface area contributed by atoms with E-state index in [-0.39, 0.29) is 30.8 Å². The zero-order chi connectivity index (χ0) is 13.3. The summed E-state index contributed by atoms with van der Waals surface area (Å²) in [6, 6.07) is 2.05. The molecule has 0 aliphatic carbocycles. The zero-order valence-electron chi connectivity index (χ0n) is 10.7. The van der Waals surface area contributed by atoms with Crippen LogP contribution in [0.15, 0.2) is 0 Å². The number of hydrogen-bond donors (Lipinski definition) is 0. The summed E-state index contributed by atoms with van der Waals surface area (Å²) in [5.74, 6) is -0.465. The smallest absolute Gasteiger partial charge is 0.306 e. The van der Waals surface area contributed by atoms with E-state index in [2.05, 4.69) is 0 Å². The molecule has 96 valence electrons. The van der Waals surface area contributed by atoms with Crippen LogP contribution in [-0.4, -0.2) is 36.0 Å². The van der Waals surface area contributed by atoms with E-state index in [0.717, 1.165) is 0 Å². The van der Waals surface area contributed by atoms with Gasteiger partial charge in [0.1, 0.15) is 0 Å². The Bertz CT molecular complexity index is 295. The molecule has 0 aliphatic rings. The van der Waals surface area contributed by atoms with Crippen molar-refractivity contribution in [1.29, 1.82) is 5.26 Å². The SMILES string of the molecule is CCOC(=O)CCC(=O)N(CCC#N)C(C)C. The van der Waals surface area contributed by atoms with Gasteiger partial charge < -0.3 is 9.64 Å². The topological polar surface area (TPSA) is 70.4 Å². The monoisotopic (exact) mass is 240 g/mol. The standard InChI is InChI=1S/C12H20N2O3/c1-4-17-12(16)7-6-11(15)14(10(2)3)9-5-8-13/h10H,4-7,9H2,1-3H3. The minimum Gasteiger partial charge on any atom is -0.466 e. The van der Waals surface area contributed by atoms with Crippen LogP contribution in [0.25, 0.3) is 0 Å². The Morgan fingerprint density at radius 1 is 1.35 bits per heavy atom. The number of esters is 1. The van der Waals surface area contributed by atoms with Gasteiger partial charge in [-0.25, -0.2) is 0 Å². The Labute approximate surface area is 102 Å². The molecule has 0 heterocycles. The lowest BCUT2D eigenvalue weighted by atomic mass is 10.2. The van der Waals surface area contributed by atoms with Gasteiger partial charge in [-0.3, -0.25) is 9.59 Å². The molecule has 1 amide bonds. The van der Waals surface area contributed by atoms with Gasteiger partial charge in [-0.05, 0) is 20.8 Å². The van der Waals surface area contributed by atoms with E-state index in [1.54, 1.807) is 11.8 Å². The average molecular weight is 240 g/mol. The lowest BCUT2D eigenvalue weighted by Gasteiger charge is -2.25. The second-order valence-electron chi connectivity index (χ2n) is 3.89. The number of nitrogens with zero attached hydrogens (tertiary/aromatic N) is 2. The van der Waals surface area contributed by atoms with E-state index in [1.807, 2.05) is 19.9 Å². The molecule has 0 fully saturated rings. The summed E-state index contributed by atoms with van der Waals surface area (Å²) in [6.45, 7) is 6.25. The molecule has 0 radical (unpaired) electrons. The van der Waals surface area contributed by atoms with Gasteiger partial charge in [0, 0.05) is 19.0 Å². The van der Waals surface area contributed by atoms with E-state index in [4.69, 9.17) is 10.00 Å². The second kappa shape index (κ2) is 8.57. The Kier molecular flexibility index (Phi) is 7.78. The van der Waals surface area contributed by atoms with Crippen LogP contribution in [-0.2, 0) is 14.3 Å². The third kappa shape index (κ3) is 6.56. The minimum atomic E-state index is -0.357. The van der Waals surface area contributed by atoms with E-state index in [9.17, 15) is 9.59 Å². The normalized spacial score (nSPS) is 9.82. The Morgan fingerprint density at radius 3 is 2.47 bits per heavy atom. The van der Waals surface area contributed by atoms with Crippen LogP contribution in [0.2, 0.25) is 0 Å². The lowest BCUT2D eigenvalue weighted by Crippen LogP contribution is -2.37. The molecule has 5 heteroatoms. The van der Waals surface area contributed by atoms with Crippen LogP contribution in [0.4, 0.5) is 0 Å². The molecule has 0 saturated carbocycles. The summed E-state index contributed by atoms with van der Waals surface area (Å²) in [5.41, 5.74) is 0. The summed E-state index contributed by atoms with van der Waals surface area (Å²) >= 11 is 0. The molecule has 0 aromatic heterocycles. The molecular formula is C12H20N2O3. The van der Waals surface area contributed by atoms with Gasteiger partial charge in [-0.1, -0.05) is 0 Å². The van der Waals surface area contributed by atoms with Gasteiger partial charge in [-0.2, -0.15) is 5.26 Å². The summed E-state index contributed by atoms with van der Waals surface area (Å²) in [6.07, 6.45) is 0.550. The van der Waals surface area contributed by atoms with Crippen molar-refractivity contribution in [3.8, 4) is 6.07 Å². The molecule has 0 rings (SSSR count). The first-order valence-electron chi connectivity index (χ1n) is 5.85. The number of hydrogen-bond acceptors (Lipinski definition) is 4. The van der Waals surface area contributed by atoms with Gasteiger partial charge in [-0.15, -0.1) is 0 Å². The molecule has 0 saturated heterocycles. The van der Waals surface area contributed by atoms with Crippen molar-refractivity contribution in [3.05, 3.63) is 0 Å². The molecule has 0 aromatic carbocycles. The first-order valence-corrected chi connectivity index (χ1v) is 5.85. The number of carbonyl (C=O) groups is 2. The van der Waals surface area contributed by atoms with Crippen molar-refractivity contribution in [2.75, 3.05) is 13.2 Å². The van der Waals surface area contributed by atoms with Gasteiger partial charge >= 0.3 is 5.97 Å².